The number of carbonyl (C=O) groups is 1. The van der Waals surface area contributed by atoms with Crippen molar-refractivity contribution in [2.24, 2.45) is 5.92 Å². The van der Waals surface area contributed by atoms with E-state index in [0.717, 1.165) is 38.9 Å². The second-order valence-corrected chi connectivity index (χ2v) is 6.29. The Hall–Kier alpha value is -0.450. The van der Waals surface area contributed by atoms with E-state index in [4.69, 9.17) is 4.74 Å². The number of hydrogen-bond acceptors (Lipinski definition) is 4. The van der Waals surface area contributed by atoms with Crippen LogP contribution in [0.5, 0.6) is 0 Å². The van der Waals surface area contributed by atoms with Crippen molar-refractivity contribution in [3.05, 3.63) is 0 Å². The third-order valence-corrected chi connectivity index (χ3v) is 3.92. The van der Waals surface area contributed by atoms with Gasteiger partial charge in [0, 0.05) is 32.0 Å². The first-order chi connectivity index (χ1) is 8.50. The second-order valence-electron chi connectivity index (χ2n) is 6.29. The van der Waals surface area contributed by atoms with E-state index in [1.54, 1.807) is 0 Å². The lowest BCUT2D eigenvalue weighted by atomic mass is 9.87. The molecule has 2 unspecified atom stereocenters. The number of nitrogens with zero attached hydrogens (tertiary/aromatic N) is 1. The SMILES string of the molecule is CC1(C)CN(CC2CCCCC2=O)CC(CO)O1. The van der Waals surface area contributed by atoms with Crippen molar-refractivity contribution in [2.75, 3.05) is 26.2 Å². The molecular weight excluding hydrogens is 230 g/mol. The Kier molecular flexibility index (Phi) is 4.41. The predicted octanol–water partition coefficient (Wildman–Crippen LogP) is 1.22. The third-order valence-electron chi connectivity index (χ3n) is 3.92. The van der Waals surface area contributed by atoms with Gasteiger partial charge in [-0.3, -0.25) is 9.69 Å². The van der Waals surface area contributed by atoms with E-state index in [-0.39, 0.29) is 24.2 Å². The smallest absolute Gasteiger partial charge is 0.137 e. The van der Waals surface area contributed by atoms with E-state index in [1.807, 2.05) is 13.8 Å². The van der Waals surface area contributed by atoms with Gasteiger partial charge in [0.05, 0.1) is 18.3 Å². The van der Waals surface area contributed by atoms with Crippen LogP contribution >= 0.6 is 0 Å². The van der Waals surface area contributed by atoms with Crippen LogP contribution in [0.25, 0.3) is 0 Å². The van der Waals surface area contributed by atoms with Gasteiger partial charge in [0.15, 0.2) is 0 Å². The molecule has 104 valence electrons. The van der Waals surface area contributed by atoms with E-state index >= 15 is 0 Å². The first-order valence-electron chi connectivity index (χ1n) is 7.04. The van der Waals surface area contributed by atoms with Gasteiger partial charge < -0.3 is 9.84 Å². The lowest BCUT2D eigenvalue weighted by Crippen LogP contribution is -2.55. The van der Waals surface area contributed by atoms with Gasteiger partial charge in [0.25, 0.3) is 0 Å². The van der Waals surface area contributed by atoms with Crippen molar-refractivity contribution in [3.8, 4) is 0 Å². The molecule has 0 spiro atoms. The van der Waals surface area contributed by atoms with Gasteiger partial charge in [-0.2, -0.15) is 0 Å². The predicted molar refractivity (Wildman–Crippen MR) is 69.4 cm³/mol. The molecule has 0 aromatic carbocycles. The molecule has 18 heavy (non-hydrogen) atoms. The van der Waals surface area contributed by atoms with E-state index in [2.05, 4.69) is 4.90 Å². The molecule has 1 heterocycles. The van der Waals surface area contributed by atoms with Crippen LogP contribution in [0.15, 0.2) is 0 Å². The average molecular weight is 255 g/mol. The fourth-order valence-electron chi connectivity index (χ4n) is 3.21. The monoisotopic (exact) mass is 255 g/mol. The standard InChI is InChI=1S/C14H25NO3/c1-14(2)10-15(8-12(9-16)18-14)7-11-5-3-4-6-13(11)17/h11-12,16H,3-10H2,1-2H3. The molecule has 2 aliphatic rings. The molecule has 2 atom stereocenters. The summed E-state index contributed by atoms with van der Waals surface area (Å²) in [6.07, 6.45) is 3.89. The topological polar surface area (TPSA) is 49.8 Å². The summed E-state index contributed by atoms with van der Waals surface area (Å²) in [4.78, 5) is 14.2. The zero-order chi connectivity index (χ0) is 13.2. The van der Waals surface area contributed by atoms with Crippen molar-refractivity contribution in [1.82, 2.24) is 4.90 Å². The van der Waals surface area contributed by atoms with Gasteiger partial charge in [0.1, 0.15) is 5.78 Å². The quantitative estimate of drug-likeness (QED) is 0.824. The molecule has 4 nitrogen and oxygen atoms in total. The van der Waals surface area contributed by atoms with Gasteiger partial charge >= 0.3 is 0 Å². The molecule has 2 fully saturated rings. The first-order valence-corrected chi connectivity index (χ1v) is 7.04. The minimum atomic E-state index is -0.233. The minimum absolute atomic E-state index is 0.0541. The van der Waals surface area contributed by atoms with Crippen LogP contribution in [0, 0.1) is 5.92 Å². The lowest BCUT2D eigenvalue weighted by Gasteiger charge is -2.43. The highest BCUT2D eigenvalue weighted by atomic mass is 16.5. The lowest BCUT2D eigenvalue weighted by molar-refractivity contribution is -0.153. The molecule has 0 bridgehead atoms. The fourth-order valence-corrected chi connectivity index (χ4v) is 3.21. The van der Waals surface area contributed by atoms with Gasteiger partial charge in [-0.25, -0.2) is 0 Å². The van der Waals surface area contributed by atoms with E-state index < -0.39 is 0 Å². The van der Waals surface area contributed by atoms with Crippen LogP contribution in [0.2, 0.25) is 0 Å². The molecule has 0 aromatic heterocycles. The third kappa shape index (κ3) is 3.53. The van der Waals surface area contributed by atoms with Crippen LogP contribution in [-0.4, -0.2) is 53.7 Å². The molecule has 1 N–H and O–H groups in total. The summed E-state index contributed by atoms with van der Waals surface area (Å²) >= 11 is 0. The average Bonchev–Trinajstić information content (AvgIpc) is 2.30. The number of hydrogen-bond donors (Lipinski definition) is 1. The Morgan fingerprint density at radius 3 is 2.89 bits per heavy atom. The minimum Gasteiger partial charge on any atom is -0.394 e. The van der Waals surface area contributed by atoms with Gasteiger partial charge in [-0.05, 0) is 26.7 Å². The van der Waals surface area contributed by atoms with Crippen LogP contribution < -0.4 is 0 Å². The molecule has 4 heteroatoms. The van der Waals surface area contributed by atoms with Gasteiger partial charge in [0.2, 0.25) is 0 Å². The Bertz CT molecular complexity index is 303. The maximum atomic E-state index is 11.9. The summed E-state index contributed by atoms with van der Waals surface area (Å²) in [5.41, 5.74) is -0.233. The highest BCUT2D eigenvalue weighted by molar-refractivity contribution is 5.81. The molecule has 0 amide bonds. The molecule has 0 aromatic rings. The summed E-state index contributed by atoms with van der Waals surface area (Å²) in [5.74, 6) is 0.623. The number of aliphatic hydroxyl groups excluding tert-OH is 1. The summed E-state index contributed by atoms with van der Waals surface area (Å²) < 4.78 is 5.79. The number of rotatable bonds is 3. The number of ketones is 1. The van der Waals surface area contributed by atoms with E-state index in [9.17, 15) is 9.90 Å². The highest BCUT2D eigenvalue weighted by Crippen LogP contribution is 2.25. The fraction of sp³-hybridized carbons (Fsp3) is 0.929. The number of carbonyl (C=O) groups excluding carboxylic acids is 1. The van der Waals surface area contributed by atoms with Crippen LogP contribution in [-0.2, 0) is 9.53 Å². The zero-order valence-corrected chi connectivity index (χ0v) is 11.5. The zero-order valence-electron chi connectivity index (χ0n) is 11.5. The summed E-state index contributed by atoms with van der Waals surface area (Å²) in [7, 11) is 0. The Morgan fingerprint density at radius 2 is 2.22 bits per heavy atom. The maximum absolute atomic E-state index is 11.9. The molecule has 1 saturated heterocycles. The maximum Gasteiger partial charge on any atom is 0.137 e. The van der Waals surface area contributed by atoms with Gasteiger partial charge in [-0.15, -0.1) is 0 Å². The highest BCUT2D eigenvalue weighted by Gasteiger charge is 2.35. The second kappa shape index (κ2) is 5.68. The van der Waals surface area contributed by atoms with Crippen LogP contribution in [0.3, 0.4) is 0 Å². The Morgan fingerprint density at radius 1 is 1.44 bits per heavy atom. The normalized spacial score (nSPS) is 33.6. The summed E-state index contributed by atoms with van der Waals surface area (Å²) in [6.45, 7) is 6.56. The Labute approximate surface area is 109 Å². The van der Waals surface area contributed by atoms with Crippen molar-refractivity contribution in [1.29, 1.82) is 0 Å². The van der Waals surface area contributed by atoms with E-state index in [1.165, 1.54) is 6.42 Å². The number of morpholine rings is 1. The summed E-state index contributed by atoms with van der Waals surface area (Å²) in [6, 6.07) is 0. The van der Waals surface area contributed by atoms with Gasteiger partial charge in [-0.1, -0.05) is 6.42 Å². The van der Waals surface area contributed by atoms with Crippen LogP contribution in [0.1, 0.15) is 39.5 Å². The van der Waals surface area contributed by atoms with Crippen molar-refractivity contribution in [2.45, 2.75) is 51.2 Å². The largest absolute Gasteiger partial charge is 0.394 e. The van der Waals surface area contributed by atoms with Crippen LogP contribution in [0.4, 0.5) is 0 Å². The van der Waals surface area contributed by atoms with Crippen molar-refractivity contribution >= 4 is 5.78 Å². The summed E-state index contributed by atoms with van der Waals surface area (Å²) in [5, 5.41) is 9.28. The molecular formula is C14H25NO3. The Balaban J connectivity index is 1.93. The molecule has 1 aliphatic carbocycles. The molecule has 0 radical (unpaired) electrons. The number of aliphatic hydroxyl groups is 1. The number of ether oxygens (including phenoxy) is 1. The van der Waals surface area contributed by atoms with E-state index in [0.29, 0.717) is 5.78 Å². The molecule has 1 aliphatic heterocycles. The first kappa shape index (κ1) is 14.0. The van der Waals surface area contributed by atoms with Crippen molar-refractivity contribution in [3.63, 3.8) is 0 Å². The number of Topliss-reactive ketones (excluding diaryl/α,β-unsaturated/α-hetero) is 1. The van der Waals surface area contributed by atoms with Crippen molar-refractivity contribution < 1.29 is 14.6 Å². The molecule has 1 saturated carbocycles. The molecule has 2 rings (SSSR count).